The maximum Gasteiger partial charge on any atom is 0.229 e. The lowest BCUT2D eigenvalue weighted by Crippen LogP contribution is -2.20. The van der Waals surface area contributed by atoms with Crippen LogP contribution in [0.5, 0.6) is 11.5 Å². The summed E-state index contributed by atoms with van der Waals surface area (Å²) >= 11 is 6.39. The number of aliphatic hydroxyl groups excluding tert-OH is 1. The number of hydrogen-bond donors (Lipinski definition) is 4. The predicted molar refractivity (Wildman–Crippen MR) is 152 cm³/mol. The Labute approximate surface area is 226 Å². The van der Waals surface area contributed by atoms with Crippen molar-refractivity contribution in [1.82, 2.24) is 9.97 Å². The van der Waals surface area contributed by atoms with Crippen LogP contribution in [0, 0.1) is 0 Å². The van der Waals surface area contributed by atoms with Crippen molar-refractivity contribution in [2.24, 2.45) is 0 Å². The van der Waals surface area contributed by atoms with Gasteiger partial charge in [0.05, 0.1) is 43.6 Å². The maximum atomic E-state index is 12.8. The summed E-state index contributed by atoms with van der Waals surface area (Å²) in [4.78, 5) is 8.83. The van der Waals surface area contributed by atoms with Gasteiger partial charge in [-0.15, -0.1) is 0 Å². The third-order valence-electron chi connectivity index (χ3n) is 5.74. The first-order valence-corrected chi connectivity index (χ1v) is 14.9. The van der Waals surface area contributed by atoms with E-state index in [2.05, 4.69) is 32.5 Å². The lowest BCUT2D eigenvalue weighted by molar-refractivity contribution is 0.141. The minimum atomic E-state index is -2.56. The monoisotopic (exact) mass is 559 g/mol. The van der Waals surface area contributed by atoms with Gasteiger partial charge in [-0.3, -0.25) is 0 Å². The molecule has 3 aromatic rings. The van der Waals surface area contributed by atoms with Crippen LogP contribution in [-0.2, 0) is 9.30 Å². The van der Waals surface area contributed by atoms with Crippen molar-refractivity contribution in [3.05, 3.63) is 60.3 Å². The fourth-order valence-electron chi connectivity index (χ4n) is 3.85. The minimum absolute atomic E-state index is 0.113. The second-order valence-electron chi connectivity index (χ2n) is 8.99. The average Bonchev–Trinajstić information content (AvgIpc) is 3.40. The summed E-state index contributed by atoms with van der Waals surface area (Å²) in [5.41, 5.74) is 1.67. The standard InChI is InChI=1S/C26H31ClN5O5P/c1-5-24(33)29-20-12-19(21(35-2)13-22(20)37-16-10-11-36-15-16)31-26-28-14-17(27)25(32-26)30-18-8-6-7-9-23(18)38(3,4)34/h5-9,12-14,16,24,29,33H,1,10-11,15H2,2-4H3,(H2,28,30,31,32). The number of rotatable bonds is 11. The van der Waals surface area contributed by atoms with Crippen molar-refractivity contribution in [3.8, 4) is 11.5 Å². The Balaban J connectivity index is 1.65. The van der Waals surface area contributed by atoms with E-state index in [1.165, 1.54) is 19.4 Å². The Bertz CT molecular complexity index is 1350. The highest BCUT2D eigenvalue weighted by Crippen LogP contribution is 2.40. The van der Waals surface area contributed by atoms with E-state index in [1.807, 2.05) is 24.3 Å². The lowest BCUT2D eigenvalue weighted by Gasteiger charge is -2.21. The minimum Gasteiger partial charge on any atom is -0.494 e. The van der Waals surface area contributed by atoms with Crippen molar-refractivity contribution in [1.29, 1.82) is 0 Å². The first-order valence-electron chi connectivity index (χ1n) is 11.9. The molecule has 4 rings (SSSR count). The first kappa shape index (κ1) is 27.7. The van der Waals surface area contributed by atoms with E-state index in [-0.39, 0.29) is 12.1 Å². The summed E-state index contributed by atoms with van der Waals surface area (Å²) in [5.74, 6) is 1.53. The number of nitrogens with one attached hydrogen (secondary N) is 3. The summed E-state index contributed by atoms with van der Waals surface area (Å²) in [7, 11) is -1.02. The van der Waals surface area contributed by atoms with Gasteiger partial charge >= 0.3 is 0 Å². The Kier molecular flexibility index (Phi) is 8.79. The van der Waals surface area contributed by atoms with E-state index in [1.54, 1.807) is 25.5 Å². The Morgan fingerprint density at radius 3 is 2.68 bits per heavy atom. The molecular weight excluding hydrogens is 529 g/mol. The summed E-state index contributed by atoms with van der Waals surface area (Å²) < 4.78 is 29.9. The maximum absolute atomic E-state index is 12.8. The molecule has 1 fully saturated rings. The zero-order chi connectivity index (χ0) is 27.3. The molecular formula is C26H31ClN5O5P. The summed E-state index contributed by atoms with van der Waals surface area (Å²) in [5, 5.41) is 20.4. The second-order valence-corrected chi connectivity index (χ2v) is 12.6. The number of ether oxygens (including phenoxy) is 3. The smallest absolute Gasteiger partial charge is 0.229 e. The van der Waals surface area contributed by atoms with E-state index in [9.17, 15) is 9.67 Å². The molecule has 0 spiro atoms. The number of aliphatic hydroxyl groups is 1. The van der Waals surface area contributed by atoms with E-state index in [4.69, 9.17) is 25.8 Å². The quantitative estimate of drug-likeness (QED) is 0.145. The number of aromatic nitrogens is 2. The highest BCUT2D eigenvalue weighted by molar-refractivity contribution is 7.70. The number of halogens is 1. The number of benzene rings is 2. The molecule has 1 saturated heterocycles. The van der Waals surface area contributed by atoms with Gasteiger partial charge in [-0.1, -0.05) is 30.3 Å². The summed E-state index contributed by atoms with van der Waals surface area (Å²) in [6.45, 7) is 8.13. The number of anilines is 5. The zero-order valence-corrected chi connectivity index (χ0v) is 23.1. The van der Waals surface area contributed by atoms with Gasteiger partial charge < -0.3 is 39.8 Å². The molecule has 2 atom stereocenters. The van der Waals surface area contributed by atoms with Crippen molar-refractivity contribution < 1.29 is 23.9 Å². The summed E-state index contributed by atoms with van der Waals surface area (Å²) in [6, 6.07) is 10.7. The van der Waals surface area contributed by atoms with Crippen LogP contribution in [0.15, 0.2) is 55.3 Å². The topological polar surface area (TPSA) is 127 Å². The van der Waals surface area contributed by atoms with Gasteiger partial charge in [0, 0.05) is 17.8 Å². The fourth-order valence-corrected chi connectivity index (χ4v) is 5.15. The van der Waals surface area contributed by atoms with Gasteiger partial charge in [0.25, 0.3) is 0 Å². The SMILES string of the molecule is C=CC(O)Nc1cc(Nc2ncc(Cl)c(Nc3ccccc3P(C)(C)=O)n2)c(OC)cc1OC1CCOC1. The van der Waals surface area contributed by atoms with Crippen LogP contribution >= 0.6 is 18.7 Å². The molecule has 0 amide bonds. The Hall–Kier alpha value is -3.30. The first-order chi connectivity index (χ1) is 18.2. The number of hydrogen-bond acceptors (Lipinski definition) is 10. The molecule has 0 saturated carbocycles. The van der Waals surface area contributed by atoms with E-state index >= 15 is 0 Å². The van der Waals surface area contributed by atoms with Crippen LogP contribution in [0.1, 0.15) is 6.42 Å². The van der Waals surface area contributed by atoms with Gasteiger partial charge in [0.1, 0.15) is 36.0 Å². The molecule has 10 nitrogen and oxygen atoms in total. The largest absolute Gasteiger partial charge is 0.494 e. The van der Waals surface area contributed by atoms with Gasteiger partial charge in [-0.2, -0.15) is 4.98 Å². The van der Waals surface area contributed by atoms with E-state index < -0.39 is 13.4 Å². The average molecular weight is 560 g/mol. The van der Waals surface area contributed by atoms with Crippen LogP contribution in [0.25, 0.3) is 0 Å². The molecule has 2 unspecified atom stereocenters. The van der Waals surface area contributed by atoms with Crippen LogP contribution in [0.4, 0.5) is 28.8 Å². The highest BCUT2D eigenvalue weighted by Gasteiger charge is 2.22. The van der Waals surface area contributed by atoms with E-state index in [0.717, 1.165) is 6.42 Å². The van der Waals surface area contributed by atoms with Crippen LogP contribution in [0.2, 0.25) is 5.02 Å². The van der Waals surface area contributed by atoms with Gasteiger partial charge in [0.15, 0.2) is 5.82 Å². The molecule has 1 aliphatic rings. The Morgan fingerprint density at radius 1 is 1.21 bits per heavy atom. The Morgan fingerprint density at radius 2 is 2.00 bits per heavy atom. The molecule has 0 bridgehead atoms. The van der Waals surface area contributed by atoms with Crippen LogP contribution in [0.3, 0.4) is 0 Å². The highest BCUT2D eigenvalue weighted by atomic mass is 35.5. The van der Waals surface area contributed by atoms with Crippen LogP contribution < -0.4 is 30.7 Å². The van der Waals surface area contributed by atoms with Gasteiger partial charge in [-0.05, 0) is 37.6 Å². The van der Waals surface area contributed by atoms with Crippen molar-refractivity contribution >= 4 is 52.9 Å². The molecule has 2 heterocycles. The number of para-hydroxylation sites is 1. The van der Waals surface area contributed by atoms with Crippen molar-refractivity contribution in [2.75, 3.05) is 49.6 Å². The fraction of sp³-hybridized carbons (Fsp3) is 0.308. The van der Waals surface area contributed by atoms with Crippen LogP contribution in [-0.4, -0.2) is 61.1 Å². The molecule has 38 heavy (non-hydrogen) atoms. The lowest BCUT2D eigenvalue weighted by atomic mass is 10.2. The number of methoxy groups -OCH3 is 1. The van der Waals surface area contributed by atoms with Gasteiger partial charge in [0.2, 0.25) is 5.95 Å². The normalized spacial score (nSPS) is 16.0. The summed E-state index contributed by atoms with van der Waals surface area (Å²) in [6.07, 6.45) is 2.47. The molecule has 2 aromatic carbocycles. The molecule has 4 N–H and O–H groups in total. The third-order valence-corrected chi connectivity index (χ3v) is 7.56. The molecule has 12 heteroatoms. The van der Waals surface area contributed by atoms with Gasteiger partial charge in [-0.25, -0.2) is 4.98 Å². The molecule has 0 radical (unpaired) electrons. The zero-order valence-electron chi connectivity index (χ0n) is 21.4. The molecule has 1 aliphatic heterocycles. The molecule has 0 aliphatic carbocycles. The second kappa shape index (κ2) is 12.0. The third kappa shape index (κ3) is 6.76. The molecule has 1 aromatic heterocycles. The predicted octanol–water partition coefficient (Wildman–Crippen LogP) is 4.96. The van der Waals surface area contributed by atoms with Crippen molar-refractivity contribution in [3.63, 3.8) is 0 Å². The van der Waals surface area contributed by atoms with E-state index in [0.29, 0.717) is 57.9 Å². The molecule has 202 valence electrons. The van der Waals surface area contributed by atoms with Crippen molar-refractivity contribution in [2.45, 2.75) is 18.8 Å². The number of nitrogens with zero attached hydrogens (tertiary/aromatic N) is 2.